The van der Waals surface area contributed by atoms with Gasteiger partial charge in [-0.1, -0.05) is 13.8 Å². The standard InChI is InChI=1S/C11H18O4/c1-7(5-10(14)15)11(2)6-8(11)3-4-9(12)13/h7-8H,3-6H2,1-2H3,(H,12,13)(H,14,15)/t7?,8-,11?/m0/s1. The summed E-state index contributed by atoms with van der Waals surface area (Å²) in [7, 11) is 0. The molecule has 0 aliphatic heterocycles. The van der Waals surface area contributed by atoms with Crippen molar-refractivity contribution in [1.82, 2.24) is 0 Å². The summed E-state index contributed by atoms with van der Waals surface area (Å²) >= 11 is 0. The van der Waals surface area contributed by atoms with Gasteiger partial charge in [0.05, 0.1) is 0 Å². The van der Waals surface area contributed by atoms with E-state index in [2.05, 4.69) is 6.92 Å². The second-order valence-electron chi connectivity index (χ2n) is 4.84. The predicted octanol–water partition coefficient (Wildman–Crippen LogP) is 1.99. The van der Waals surface area contributed by atoms with E-state index < -0.39 is 11.9 Å². The van der Waals surface area contributed by atoms with E-state index in [0.717, 1.165) is 6.42 Å². The lowest BCUT2D eigenvalue weighted by Crippen LogP contribution is -2.16. The van der Waals surface area contributed by atoms with E-state index in [9.17, 15) is 9.59 Å². The van der Waals surface area contributed by atoms with Gasteiger partial charge in [0.2, 0.25) is 0 Å². The Morgan fingerprint density at radius 2 is 2.00 bits per heavy atom. The Kier molecular flexibility index (Phi) is 3.37. The van der Waals surface area contributed by atoms with Crippen molar-refractivity contribution in [3.05, 3.63) is 0 Å². The molecule has 1 aliphatic rings. The van der Waals surface area contributed by atoms with Crippen LogP contribution in [0.25, 0.3) is 0 Å². The molecule has 0 heterocycles. The van der Waals surface area contributed by atoms with E-state index in [1.807, 2.05) is 6.92 Å². The molecule has 4 heteroatoms. The maximum atomic E-state index is 10.6. The second kappa shape index (κ2) is 4.21. The van der Waals surface area contributed by atoms with Crippen molar-refractivity contribution in [2.75, 3.05) is 0 Å². The first-order chi connectivity index (χ1) is 6.86. The lowest BCUT2D eigenvalue weighted by molar-refractivity contribution is -0.139. The molecule has 0 spiro atoms. The van der Waals surface area contributed by atoms with Crippen LogP contribution in [-0.2, 0) is 9.59 Å². The van der Waals surface area contributed by atoms with Gasteiger partial charge in [-0.15, -0.1) is 0 Å². The van der Waals surface area contributed by atoms with Crippen molar-refractivity contribution in [2.45, 2.75) is 39.5 Å². The van der Waals surface area contributed by atoms with Gasteiger partial charge in [-0.3, -0.25) is 9.59 Å². The van der Waals surface area contributed by atoms with Crippen LogP contribution in [0.15, 0.2) is 0 Å². The van der Waals surface area contributed by atoms with Crippen molar-refractivity contribution in [1.29, 1.82) is 0 Å². The van der Waals surface area contributed by atoms with Gasteiger partial charge in [0, 0.05) is 12.8 Å². The Labute approximate surface area is 89.3 Å². The molecule has 0 aromatic rings. The molecule has 3 atom stereocenters. The highest BCUT2D eigenvalue weighted by Gasteiger charge is 2.53. The quantitative estimate of drug-likeness (QED) is 0.709. The summed E-state index contributed by atoms with van der Waals surface area (Å²) in [5.41, 5.74) is 0.0494. The number of carboxylic acid groups (broad SMARTS) is 2. The molecule has 0 bridgehead atoms. The van der Waals surface area contributed by atoms with Crippen LogP contribution < -0.4 is 0 Å². The molecule has 0 saturated heterocycles. The highest BCUT2D eigenvalue weighted by atomic mass is 16.4. The lowest BCUT2D eigenvalue weighted by Gasteiger charge is -2.18. The van der Waals surface area contributed by atoms with Crippen molar-refractivity contribution < 1.29 is 19.8 Å². The molecule has 0 aromatic heterocycles. The molecule has 2 unspecified atom stereocenters. The first-order valence-corrected chi connectivity index (χ1v) is 5.30. The molecule has 0 aromatic carbocycles. The fourth-order valence-corrected chi connectivity index (χ4v) is 2.30. The lowest BCUT2D eigenvalue weighted by atomic mass is 9.86. The van der Waals surface area contributed by atoms with E-state index in [1.165, 1.54) is 0 Å². The Morgan fingerprint density at radius 1 is 1.40 bits per heavy atom. The molecule has 1 rings (SSSR count). The molecule has 1 saturated carbocycles. The van der Waals surface area contributed by atoms with Crippen molar-refractivity contribution in [3.8, 4) is 0 Å². The Bertz CT molecular complexity index is 274. The monoisotopic (exact) mass is 214 g/mol. The number of carboxylic acids is 2. The predicted molar refractivity (Wildman–Crippen MR) is 54.5 cm³/mol. The first-order valence-electron chi connectivity index (χ1n) is 5.30. The third-order valence-electron chi connectivity index (χ3n) is 3.77. The Morgan fingerprint density at radius 3 is 2.47 bits per heavy atom. The summed E-state index contributed by atoms with van der Waals surface area (Å²) in [5.74, 6) is -1.01. The second-order valence-corrected chi connectivity index (χ2v) is 4.84. The van der Waals surface area contributed by atoms with Crippen LogP contribution in [0, 0.1) is 17.3 Å². The topological polar surface area (TPSA) is 74.6 Å². The van der Waals surface area contributed by atoms with Gasteiger partial charge in [0.1, 0.15) is 0 Å². The van der Waals surface area contributed by atoms with Crippen LogP contribution in [0.1, 0.15) is 39.5 Å². The van der Waals surface area contributed by atoms with E-state index >= 15 is 0 Å². The minimum Gasteiger partial charge on any atom is -0.481 e. The molecule has 86 valence electrons. The smallest absolute Gasteiger partial charge is 0.303 e. The number of rotatable bonds is 6. The zero-order chi connectivity index (χ0) is 11.6. The van der Waals surface area contributed by atoms with Gasteiger partial charge in [-0.2, -0.15) is 0 Å². The van der Waals surface area contributed by atoms with Gasteiger partial charge < -0.3 is 10.2 Å². The Hall–Kier alpha value is -1.06. The third-order valence-corrected chi connectivity index (χ3v) is 3.77. The van der Waals surface area contributed by atoms with Crippen LogP contribution in [0.4, 0.5) is 0 Å². The number of hydrogen-bond acceptors (Lipinski definition) is 2. The average molecular weight is 214 g/mol. The largest absolute Gasteiger partial charge is 0.481 e. The maximum absolute atomic E-state index is 10.6. The molecular weight excluding hydrogens is 196 g/mol. The molecule has 15 heavy (non-hydrogen) atoms. The van der Waals surface area contributed by atoms with Crippen LogP contribution in [0.2, 0.25) is 0 Å². The summed E-state index contributed by atoms with van der Waals surface area (Å²) < 4.78 is 0. The van der Waals surface area contributed by atoms with Gasteiger partial charge in [0.25, 0.3) is 0 Å². The SMILES string of the molecule is CC(CC(=O)O)C1(C)C[C@@H]1CCC(=O)O. The zero-order valence-electron chi connectivity index (χ0n) is 9.19. The zero-order valence-corrected chi connectivity index (χ0v) is 9.19. The van der Waals surface area contributed by atoms with Crippen molar-refractivity contribution in [3.63, 3.8) is 0 Å². The van der Waals surface area contributed by atoms with Crippen LogP contribution >= 0.6 is 0 Å². The van der Waals surface area contributed by atoms with E-state index in [1.54, 1.807) is 0 Å². The summed E-state index contributed by atoms with van der Waals surface area (Å²) in [6.45, 7) is 4.00. The van der Waals surface area contributed by atoms with Gasteiger partial charge in [0.15, 0.2) is 0 Å². The van der Waals surface area contributed by atoms with Gasteiger partial charge in [-0.05, 0) is 30.1 Å². The molecule has 1 aliphatic carbocycles. The molecule has 2 N–H and O–H groups in total. The van der Waals surface area contributed by atoms with E-state index in [4.69, 9.17) is 10.2 Å². The maximum Gasteiger partial charge on any atom is 0.303 e. The minimum atomic E-state index is -0.771. The first kappa shape index (κ1) is 12.0. The molecule has 0 amide bonds. The van der Waals surface area contributed by atoms with Crippen LogP contribution in [0.5, 0.6) is 0 Å². The van der Waals surface area contributed by atoms with Crippen LogP contribution in [0.3, 0.4) is 0 Å². The highest BCUT2D eigenvalue weighted by molar-refractivity contribution is 5.67. The van der Waals surface area contributed by atoms with Gasteiger partial charge >= 0.3 is 11.9 Å². The third kappa shape index (κ3) is 2.94. The summed E-state index contributed by atoms with van der Waals surface area (Å²) in [5, 5.41) is 17.2. The van der Waals surface area contributed by atoms with Gasteiger partial charge in [-0.25, -0.2) is 0 Å². The van der Waals surface area contributed by atoms with Crippen LogP contribution in [-0.4, -0.2) is 22.2 Å². The Balaban J connectivity index is 2.37. The number of carbonyl (C=O) groups is 2. The average Bonchev–Trinajstić information content (AvgIpc) is 2.74. The summed E-state index contributed by atoms with van der Waals surface area (Å²) in [6, 6.07) is 0. The molecular formula is C11H18O4. The fraction of sp³-hybridized carbons (Fsp3) is 0.818. The number of hydrogen-bond donors (Lipinski definition) is 2. The summed E-state index contributed by atoms with van der Waals surface area (Å²) in [6.07, 6.45) is 2.02. The normalized spacial score (nSPS) is 30.9. The fourth-order valence-electron chi connectivity index (χ4n) is 2.30. The summed E-state index contributed by atoms with van der Waals surface area (Å²) in [4.78, 5) is 21.0. The van der Waals surface area contributed by atoms with E-state index in [0.29, 0.717) is 12.3 Å². The highest BCUT2D eigenvalue weighted by Crippen LogP contribution is 2.60. The number of aliphatic carboxylic acids is 2. The van der Waals surface area contributed by atoms with Crippen molar-refractivity contribution in [2.24, 2.45) is 17.3 Å². The van der Waals surface area contributed by atoms with Crippen molar-refractivity contribution >= 4 is 11.9 Å². The molecule has 1 fully saturated rings. The minimum absolute atomic E-state index is 0.0494. The molecule has 4 nitrogen and oxygen atoms in total. The molecule has 0 radical (unpaired) electrons. The van der Waals surface area contributed by atoms with E-state index in [-0.39, 0.29) is 24.2 Å².